The molecule has 0 fully saturated rings. The van der Waals surface area contributed by atoms with Crippen molar-refractivity contribution in [2.75, 3.05) is 17.2 Å². The number of carbonyl (C=O) groups is 1. The van der Waals surface area contributed by atoms with Gasteiger partial charge in [-0.25, -0.2) is 14.8 Å². The third kappa shape index (κ3) is 5.04. The van der Waals surface area contributed by atoms with Crippen molar-refractivity contribution in [3.05, 3.63) is 72.1 Å². The van der Waals surface area contributed by atoms with Crippen molar-refractivity contribution in [1.82, 2.24) is 9.97 Å². The zero-order valence-electron chi connectivity index (χ0n) is 15.4. The molecule has 6 heteroatoms. The number of nitrogens with zero attached hydrogens (tertiary/aromatic N) is 2. The Morgan fingerprint density at radius 1 is 0.889 bits per heavy atom. The lowest BCUT2D eigenvalue weighted by Gasteiger charge is -2.09. The van der Waals surface area contributed by atoms with Crippen LogP contribution in [0.3, 0.4) is 0 Å². The summed E-state index contributed by atoms with van der Waals surface area (Å²) in [5.74, 6) is 1.02. The molecule has 138 valence electrons. The highest BCUT2D eigenvalue weighted by Gasteiger charge is 2.06. The predicted octanol–water partition coefficient (Wildman–Crippen LogP) is 4.70. The van der Waals surface area contributed by atoms with Gasteiger partial charge in [0.1, 0.15) is 18.0 Å². The molecule has 27 heavy (non-hydrogen) atoms. The van der Waals surface area contributed by atoms with Gasteiger partial charge in [-0.15, -0.1) is 0 Å². The highest BCUT2D eigenvalue weighted by Crippen LogP contribution is 2.20. The Morgan fingerprint density at radius 2 is 1.44 bits per heavy atom. The maximum Gasteiger partial charge on any atom is 0.338 e. The van der Waals surface area contributed by atoms with Crippen LogP contribution in [0, 0.1) is 0 Å². The lowest BCUT2D eigenvalue weighted by Crippen LogP contribution is -2.04. The van der Waals surface area contributed by atoms with E-state index in [2.05, 4.69) is 39.7 Å². The quantitative estimate of drug-likeness (QED) is 0.593. The molecule has 0 radical (unpaired) electrons. The third-order valence-electron chi connectivity index (χ3n) is 3.97. The molecule has 2 aromatic carbocycles. The molecule has 0 atom stereocenters. The van der Waals surface area contributed by atoms with Crippen molar-refractivity contribution >= 4 is 29.0 Å². The van der Waals surface area contributed by atoms with E-state index in [4.69, 9.17) is 4.74 Å². The van der Waals surface area contributed by atoms with E-state index in [9.17, 15) is 4.79 Å². The van der Waals surface area contributed by atoms with E-state index in [1.165, 1.54) is 11.9 Å². The fourth-order valence-electron chi connectivity index (χ4n) is 2.52. The summed E-state index contributed by atoms with van der Waals surface area (Å²) in [5.41, 5.74) is 3.59. The van der Waals surface area contributed by atoms with E-state index in [0.717, 1.165) is 17.8 Å². The molecule has 1 aromatic heterocycles. The molecule has 2 N–H and O–H groups in total. The number of aromatic nitrogens is 2. The average Bonchev–Trinajstić information content (AvgIpc) is 2.70. The van der Waals surface area contributed by atoms with Crippen LogP contribution in [-0.2, 0) is 11.2 Å². The SMILES string of the molecule is CCOC(=O)c1ccc(Nc2cc(Nc3ccc(CC)cc3)ncn2)cc1. The van der Waals surface area contributed by atoms with Gasteiger partial charge in [-0.05, 0) is 55.3 Å². The van der Waals surface area contributed by atoms with Crippen molar-refractivity contribution in [2.45, 2.75) is 20.3 Å². The molecule has 0 saturated heterocycles. The zero-order valence-corrected chi connectivity index (χ0v) is 15.4. The van der Waals surface area contributed by atoms with Crippen molar-refractivity contribution in [3.63, 3.8) is 0 Å². The molecule has 0 aliphatic rings. The largest absolute Gasteiger partial charge is 0.462 e. The Balaban J connectivity index is 1.67. The first-order valence-corrected chi connectivity index (χ1v) is 8.90. The Hall–Kier alpha value is -3.41. The van der Waals surface area contributed by atoms with Gasteiger partial charge in [0.25, 0.3) is 0 Å². The number of hydrogen-bond acceptors (Lipinski definition) is 6. The highest BCUT2D eigenvalue weighted by atomic mass is 16.5. The van der Waals surface area contributed by atoms with Gasteiger partial charge in [-0.3, -0.25) is 0 Å². The second-order valence-electron chi connectivity index (χ2n) is 5.89. The smallest absolute Gasteiger partial charge is 0.338 e. The predicted molar refractivity (Wildman–Crippen MR) is 107 cm³/mol. The van der Waals surface area contributed by atoms with Gasteiger partial charge in [0.2, 0.25) is 0 Å². The Bertz CT molecular complexity index is 893. The van der Waals surface area contributed by atoms with Gasteiger partial charge in [0.15, 0.2) is 0 Å². The first-order valence-electron chi connectivity index (χ1n) is 8.90. The molecule has 0 saturated carbocycles. The molecule has 0 amide bonds. The van der Waals surface area contributed by atoms with E-state index < -0.39 is 0 Å². The molecule has 0 aliphatic heterocycles. The van der Waals surface area contributed by atoms with E-state index in [1.54, 1.807) is 19.1 Å². The molecule has 0 aliphatic carbocycles. The Labute approximate surface area is 158 Å². The zero-order chi connectivity index (χ0) is 19.1. The number of carbonyl (C=O) groups excluding carboxylic acids is 1. The monoisotopic (exact) mass is 362 g/mol. The molecule has 3 aromatic rings. The molecule has 0 spiro atoms. The molecule has 0 bridgehead atoms. The molecule has 3 rings (SSSR count). The lowest BCUT2D eigenvalue weighted by molar-refractivity contribution is 0.0526. The van der Waals surface area contributed by atoms with E-state index >= 15 is 0 Å². The van der Waals surface area contributed by atoms with Crippen LogP contribution in [0.1, 0.15) is 29.8 Å². The fraction of sp³-hybridized carbons (Fsp3) is 0.190. The van der Waals surface area contributed by atoms with Crippen LogP contribution in [0.4, 0.5) is 23.0 Å². The van der Waals surface area contributed by atoms with Gasteiger partial charge in [0, 0.05) is 17.4 Å². The number of ether oxygens (including phenoxy) is 1. The maximum atomic E-state index is 11.7. The summed E-state index contributed by atoms with van der Waals surface area (Å²) in [5, 5.41) is 6.47. The third-order valence-corrected chi connectivity index (χ3v) is 3.97. The number of rotatable bonds is 7. The van der Waals surface area contributed by atoms with Crippen LogP contribution in [-0.4, -0.2) is 22.5 Å². The van der Waals surface area contributed by atoms with E-state index in [0.29, 0.717) is 23.8 Å². The van der Waals surface area contributed by atoms with Crippen LogP contribution >= 0.6 is 0 Å². The molecular formula is C21H22N4O2. The van der Waals surface area contributed by atoms with Crippen LogP contribution in [0.2, 0.25) is 0 Å². The normalized spacial score (nSPS) is 10.3. The summed E-state index contributed by atoms with van der Waals surface area (Å²) in [6, 6.07) is 17.1. The first kappa shape index (κ1) is 18.4. The van der Waals surface area contributed by atoms with Gasteiger partial charge < -0.3 is 15.4 Å². The average molecular weight is 362 g/mol. The molecule has 6 nitrogen and oxygen atoms in total. The van der Waals surface area contributed by atoms with Crippen LogP contribution in [0.25, 0.3) is 0 Å². The number of esters is 1. The lowest BCUT2D eigenvalue weighted by atomic mass is 10.1. The summed E-state index contributed by atoms with van der Waals surface area (Å²) in [4.78, 5) is 20.2. The topological polar surface area (TPSA) is 76.1 Å². The number of nitrogens with one attached hydrogen (secondary N) is 2. The summed E-state index contributed by atoms with van der Waals surface area (Å²) in [6.45, 7) is 4.27. The van der Waals surface area contributed by atoms with Crippen molar-refractivity contribution in [2.24, 2.45) is 0 Å². The number of hydrogen-bond donors (Lipinski definition) is 2. The number of aryl methyl sites for hydroxylation is 1. The van der Waals surface area contributed by atoms with Crippen molar-refractivity contribution in [1.29, 1.82) is 0 Å². The summed E-state index contributed by atoms with van der Waals surface area (Å²) >= 11 is 0. The van der Waals surface area contributed by atoms with Gasteiger partial charge in [0.05, 0.1) is 12.2 Å². The minimum atomic E-state index is -0.327. The number of benzene rings is 2. The Morgan fingerprint density at radius 3 is 1.96 bits per heavy atom. The van der Waals surface area contributed by atoms with E-state index in [1.807, 2.05) is 30.3 Å². The van der Waals surface area contributed by atoms with E-state index in [-0.39, 0.29) is 5.97 Å². The highest BCUT2D eigenvalue weighted by molar-refractivity contribution is 5.89. The van der Waals surface area contributed by atoms with Crippen LogP contribution < -0.4 is 10.6 Å². The first-order chi connectivity index (χ1) is 13.2. The molecule has 0 unspecified atom stereocenters. The van der Waals surface area contributed by atoms with Crippen molar-refractivity contribution < 1.29 is 9.53 Å². The summed E-state index contributed by atoms with van der Waals surface area (Å²) in [6.07, 6.45) is 2.51. The molecule has 1 heterocycles. The second kappa shape index (κ2) is 8.80. The minimum Gasteiger partial charge on any atom is -0.462 e. The molecular weight excluding hydrogens is 340 g/mol. The Kier molecular flexibility index (Phi) is 5.99. The van der Waals surface area contributed by atoms with Crippen molar-refractivity contribution in [3.8, 4) is 0 Å². The fourth-order valence-corrected chi connectivity index (χ4v) is 2.52. The van der Waals surface area contributed by atoms with Gasteiger partial charge in [-0.2, -0.15) is 0 Å². The standard InChI is InChI=1S/C21H22N4O2/c1-3-15-5-9-17(10-6-15)24-19-13-20(23-14-22-19)25-18-11-7-16(8-12-18)21(26)27-4-2/h5-14H,3-4H2,1-2H3,(H2,22,23,24,25). The van der Waals surface area contributed by atoms with Crippen LogP contribution in [0.15, 0.2) is 60.9 Å². The van der Waals surface area contributed by atoms with Crippen LogP contribution in [0.5, 0.6) is 0 Å². The summed E-state index contributed by atoms with van der Waals surface area (Å²) in [7, 11) is 0. The van der Waals surface area contributed by atoms with Gasteiger partial charge >= 0.3 is 5.97 Å². The summed E-state index contributed by atoms with van der Waals surface area (Å²) < 4.78 is 4.98. The number of anilines is 4. The maximum absolute atomic E-state index is 11.7. The van der Waals surface area contributed by atoms with Gasteiger partial charge in [-0.1, -0.05) is 19.1 Å². The second-order valence-corrected chi connectivity index (χ2v) is 5.89. The minimum absolute atomic E-state index is 0.327.